The molecule has 3 nitrogen and oxygen atoms in total. The summed E-state index contributed by atoms with van der Waals surface area (Å²) >= 11 is 0. The number of hydrogen-bond donors (Lipinski definition) is 1. The first-order valence-electron chi connectivity index (χ1n) is 7.88. The topological polar surface area (TPSA) is 34.1 Å². The van der Waals surface area contributed by atoms with Crippen molar-refractivity contribution < 1.29 is 4.74 Å². The highest BCUT2D eigenvalue weighted by Gasteiger charge is 2.38. The van der Waals surface area contributed by atoms with Crippen LogP contribution in [0.1, 0.15) is 44.1 Å². The van der Waals surface area contributed by atoms with E-state index in [1.54, 1.807) is 0 Å². The van der Waals surface area contributed by atoms with Crippen LogP contribution in [-0.4, -0.2) is 24.2 Å². The highest BCUT2D eigenvalue weighted by Crippen LogP contribution is 2.43. The quantitative estimate of drug-likeness (QED) is 0.916. The molecule has 0 bridgehead atoms. The van der Waals surface area contributed by atoms with Gasteiger partial charge in [-0.2, -0.15) is 0 Å². The molecule has 0 aromatic carbocycles. The zero-order chi connectivity index (χ0) is 13.4. The molecule has 1 aliphatic heterocycles. The Kier molecular flexibility index (Phi) is 3.03. The zero-order valence-electron chi connectivity index (χ0n) is 11.9. The summed E-state index contributed by atoms with van der Waals surface area (Å²) in [5.41, 5.74) is 3.15. The van der Waals surface area contributed by atoms with Gasteiger partial charge in [0.15, 0.2) is 0 Å². The van der Waals surface area contributed by atoms with Gasteiger partial charge in [-0.05, 0) is 55.7 Å². The van der Waals surface area contributed by atoms with E-state index in [1.165, 1.54) is 49.7 Å². The molecule has 1 N–H and O–H groups in total. The van der Waals surface area contributed by atoms with Crippen molar-refractivity contribution >= 4 is 5.57 Å². The standard InChI is InChI=1S/C17H22N2O/c1-2-4-15(3-1)20-16-7-14(9-18-10-16)13-5-6-17(8-13)11-19-12-17/h7-10,15,19H,1-6,11-12H2. The first-order chi connectivity index (χ1) is 9.83. The van der Waals surface area contributed by atoms with E-state index in [2.05, 4.69) is 22.4 Å². The third-order valence-corrected chi connectivity index (χ3v) is 5.02. The fourth-order valence-corrected chi connectivity index (χ4v) is 3.71. The molecule has 2 heterocycles. The maximum Gasteiger partial charge on any atom is 0.138 e. The Morgan fingerprint density at radius 2 is 2.05 bits per heavy atom. The second-order valence-corrected chi connectivity index (χ2v) is 6.57. The van der Waals surface area contributed by atoms with Gasteiger partial charge in [-0.1, -0.05) is 6.08 Å². The Hall–Kier alpha value is -1.35. The predicted octanol–water partition coefficient (Wildman–Crippen LogP) is 3.17. The molecule has 1 spiro atoms. The summed E-state index contributed by atoms with van der Waals surface area (Å²) in [6.45, 7) is 2.28. The van der Waals surface area contributed by atoms with Crippen molar-refractivity contribution in [2.75, 3.05) is 13.1 Å². The smallest absolute Gasteiger partial charge is 0.138 e. The van der Waals surface area contributed by atoms with Gasteiger partial charge in [-0.25, -0.2) is 0 Å². The lowest BCUT2D eigenvalue weighted by Gasteiger charge is -2.37. The Labute approximate surface area is 120 Å². The Balaban J connectivity index is 1.52. The van der Waals surface area contributed by atoms with E-state index in [4.69, 9.17) is 4.74 Å². The van der Waals surface area contributed by atoms with Crippen molar-refractivity contribution in [3.63, 3.8) is 0 Å². The van der Waals surface area contributed by atoms with Crippen LogP contribution in [0.4, 0.5) is 0 Å². The van der Waals surface area contributed by atoms with Crippen LogP contribution in [0.2, 0.25) is 0 Å². The molecule has 20 heavy (non-hydrogen) atoms. The van der Waals surface area contributed by atoms with Crippen LogP contribution in [0.15, 0.2) is 24.5 Å². The second kappa shape index (κ2) is 4.88. The highest BCUT2D eigenvalue weighted by atomic mass is 16.5. The third-order valence-electron chi connectivity index (χ3n) is 5.02. The summed E-state index contributed by atoms with van der Waals surface area (Å²) in [5, 5.41) is 3.39. The van der Waals surface area contributed by atoms with E-state index in [0.717, 1.165) is 18.8 Å². The molecule has 1 aromatic rings. The molecule has 106 valence electrons. The number of rotatable bonds is 3. The van der Waals surface area contributed by atoms with Crippen LogP contribution in [0.3, 0.4) is 0 Å². The molecule has 4 rings (SSSR count). The van der Waals surface area contributed by atoms with Gasteiger partial charge in [0.2, 0.25) is 0 Å². The zero-order valence-corrected chi connectivity index (χ0v) is 11.9. The van der Waals surface area contributed by atoms with E-state index in [-0.39, 0.29) is 0 Å². The number of allylic oxidation sites excluding steroid dienone is 1. The van der Waals surface area contributed by atoms with Crippen LogP contribution in [0.25, 0.3) is 5.57 Å². The first kappa shape index (κ1) is 12.4. The molecule has 3 heteroatoms. The van der Waals surface area contributed by atoms with E-state index in [0.29, 0.717) is 11.5 Å². The van der Waals surface area contributed by atoms with Crippen molar-refractivity contribution in [3.05, 3.63) is 30.1 Å². The van der Waals surface area contributed by atoms with Gasteiger partial charge in [0.1, 0.15) is 5.75 Å². The van der Waals surface area contributed by atoms with Crippen molar-refractivity contribution in [1.29, 1.82) is 0 Å². The number of aromatic nitrogens is 1. The minimum absolute atomic E-state index is 0.409. The highest BCUT2D eigenvalue weighted by molar-refractivity contribution is 5.69. The Morgan fingerprint density at radius 3 is 2.75 bits per heavy atom. The van der Waals surface area contributed by atoms with Gasteiger partial charge in [0.05, 0.1) is 12.3 Å². The molecule has 3 aliphatic rings. The number of nitrogens with one attached hydrogen (secondary N) is 1. The average molecular weight is 270 g/mol. The SMILES string of the molecule is C1=C(c2cncc(OC3CCCC3)c2)CCC12CNC2. The van der Waals surface area contributed by atoms with E-state index >= 15 is 0 Å². The molecule has 0 unspecified atom stereocenters. The lowest BCUT2D eigenvalue weighted by molar-refractivity contribution is 0.209. The first-order valence-corrected chi connectivity index (χ1v) is 7.88. The Morgan fingerprint density at radius 1 is 1.20 bits per heavy atom. The molecule has 0 atom stereocenters. The molecule has 1 saturated carbocycles. The molecule has 2 fully saturated rings. The van der Waals surface area contributed by atoms with Gasteiger partial charge in [0, 0.05) is 24.7 Å². The minimum atomic E-state index is 0.409. The Bertz CT molecular complexity index is 528. The number of pyridine rings is 1. The van der Waals surface area contributed by atoms with Crippen LogP contribution in [0, 0.1) is 5.41 Å². The van der Waals surface area contributed by atoms with Crippen LogP contribution in [-0.2, 0) is 0 Å². The van der Waals surface area contributed by atoms with Crippen molar-refractivity contribution in [1.82, 2.24) is 10.3 Å². The fourth-order valence-electron chi connectivity index (χ4n) is 3.71. The maximum atomic E-state index is 6.07. The summed E-state index contributed by atoms with van der Waals surface area (Å²) < 4.78 is 6.07. The van der Waals surface area contributed by atoms with Crippen molar-refractivity contribution in [2.45, 2.75) is 44.6 Å². The molecular weight excluding hydrogens is 248 g/mol. The predicted molar refractivity (Wildman–Crippen MR) is 79.6 cm³/mol. The molecule has 0 amide bonds. The van der Waals surface area contributed by atoms with E-state index in [9.17, 15) is 0 Å². The summed E-state index contributed by atoms with van der Waals surface area (Å²) in [6, 6.07) is 2.18. The lowest BCUT2D eigenvalue weighted by Crippen LogP contribution is -2.50. The molecule has 1 aromatic heterocycles. The lowest BCUT2D eigenvalue weighted by atomic mass is 9.82. The van der Waals surface area contributed by atoms with Gasteiger partial charge < -0.3 is 10.1 Å². The average Bonchev–Trinajstić information content (AvgIpc) is 3.07. The monoisotopic (exact) mass is 270 g/mol. The second-order valence-electron chi connectivity index (χ2n) is 6.57. The molecule has 1 saturated heterocycles. The summed E-state index contributed by atoms with van der Waals surface area (Å²) in [5.74, 6) is 0.947. The van der Waals surface area contributed by atoms with Crippen molar-refractivity contribution in [2.24, 2.45) is 5.41 Å². The van der Waals surface area contributed by atoms with Crippen LogP contribution >= 0.6 is 0 Å². The third kappa shape index (κ3) is 2.24. The summed E-state index contributed by atoms with van der Waals surface area (Å²) in [7, 11) is 0. The van der Waals surface area contributed by atoms with E-state index in [1.807, 2.05) is 12.4 Å². The molecule has 2 aliphatic carbocycles. The van der Waals surface area contributed by atoms with Crippen molar-refractivity contribution in [3.8, 4) is 5.75 Å². The summed E-state index contributed by atoms with van der Waals surface area (Å²) in [4.78, 5) is 4.38. The largest absolute Gasteiger partial charge is 0.489 e. The van der Waals surface area contributed by atoms with Crippen LogP contribution in [0.5, 0.6) is 5.75 Å². The van der Waals surface area contributed by atoms with Gasteiger partial charge in [0.25, 0.3) is 0 Å². The van der Waals surface area contributed by atoms with Gasteiger partial charge in [-0.15, -0.1) is 0 Å². The van der Waals surface area contributed by atoms with Gasteiger partial charge >= 0.3 is 0 Å². The normalized spacial score (nSPS) is 24.7. The number of nitrogens with zero attached hydrogens (tertiary/aromatic N) is 1. The van der Waals surface area contributed by atoms with E-state index < -0.39 is 0 Å². The fraction of sp³-hybridized carbons (Fsp3) is 0.588. The maximum absolute atomic E-state index is 6.07. The van der Waals surface area contributed by atoms with Crippen LogP contribution < -0.4 is 10.1 Å². The molecule has 0 radical (unpaired) electrons. The summed E-state index contributed by atoms with van der Waals surface area (Å²) in [6.07, 6.45) is 14.2. The number of hydrogen-bond acceptors (Lipinski definition) is 3. The number of ether oxygens (including phenoxy) is 1. The van der Waals surface area contributed by atoms with Gasteiger partial charge in [-0.3, -0.25) is 4.98 Å². The minimum Gasteiger partial charge on any atom is -0.489 e. The molecular formula is C17H22N2O.